The molecule has 5 nitrogen and oxygen atoms in total. The average Bonchev–Trinajstić information content (AvgIpc) is 2.86. The normalized spacial score (nSPS) is 13.1. The molecule has 6 heteroatoms. The summed E-state index contributed by atoms with van der Waals surface area (Å²) in [5.41, 5.74) is 1.99. The van der Waals surface area contributed by atoms with E-state index in [9.17, 15) is 8.42 Å². The van der Waals surface area contributed by atoms with E-state index in [2.05, 4.69) is 17.3 Å². The molecule has 2 aromatic rings. The molecule has 1 heterocycles. The van der Waals surface area contributed by atoms with Crippen molar-refractivity contribution in [2.45, 2.75) is 37.8 Å². The van der Waals surface area contributed by atoms with Gasteiger partial charge in [0.1, 0.15) is 0 Å². The fourth-order valence-corrected chi connectivity index (χ4v) is 2.76. The van der Waals surface area contributed by atoms with Crippen molar-refractivity contribution in [3.63, 3.8) is 0 Å². The molecule has 0 aliphatic rings. The fraction of sp³-hybridized carbons (Fsp3) is 0.400. The van der Waals surface area contributed by atoms with Crippen molar-refractivity contribution >= 4 is 15.5 Å². The molecule has 2 rings (SSSR count). The van der Waals surface area contributed by atoms with Crippen LogP contribution in [0.5, 0.6) is 0 Å². The van der Waals surface area contributed by atoms with Gasteiger partial charge < -0.3 is 5.32 Å². The number of hydrogen-bond donors (Lipinski definition) is 1. The summed E-state index contributed by atoms with van der Waals surface area (Å²) in [5.74, 6) is 0. The maximum Gasteiger partial charge on any atom is 0.175 e. The first-order valence-electron chi connectivity index (χ1n) is 6.99. The zero-order chi connectivity index (χ0) is 15.5. The molecule has 1 aromatic heterocycles. The molecule has 114 valence electrons. The Morgan fingerprint density at radius 1 is 1.29 bits per heavy atom. The van der Waals surface area contributed by atoms with Crippen molar-refractivity contribution in [3.05, 3.63) is 42.2 Å². The zero-order valence-corrected chi connectivity index (χ0v) is 13.4. The maximum absolute atomic E-state index is 11.4. The summed E-state index contributed by atoms with van der Waals surface area (Å²) in [4.78, 5) is 0.342. The molecule has 0 saturated heterocycles. The molecule has 1 aromatic carbocycles. The number of benzene rings is 1. The van der Waals surface area contributed by atoms with Gasteiger partial charge in [-0.2, -0.15) is 5.10 Å². The average molecular weight is 307 g/mol. The Hall–Kier alpha value is -1.82. The van der Waals surface area contributed by atoms with Crippen molar-refractivity contribution in [1.29, 1.82) is 0 Å². The monoisotopic (exact) mass is 307 g/mol. The quantitative estimate of drug-likeness (QED) is 0.891. The first-order chi connectivity index (χ1) is 9.90. The number of hydrogen-bond acceptors (Lipinski definition) is 4. The molecular formula is C15H21N3O2S. The highest BCUT2D eigenvalue weighted by Gasteiger charge is 2.10. The molecule has 1 atom stereocenters. The van der Waals surface area contributed by atoms with Gasteiger partial charge in [0.25, 0.3) is 0 Å². The van der Waals surface area contributed by atoms with Crippen LogP contribution >= 0.6 is 0 Å². The lowest BCUT2D eigenvalue weighted by atomic mass is 10.1. The van der Waals surface area contributed by atoms with Gasteiger partial charge >= 0.3 is 0 Å². The minimum atomic E-state index is -3.14. The smallest absolute Gasteiger partial charge is 0.175 e. The maximum atomic E-state index is 11.4. The van der Waals surface area contributed by atoms with Crippen LogP contribution in [0.2, 0.25) is 0 Å². The summed E-state index contributed by atoms with van der Waals surface area (Å²) in [6.45, 7) is 5.05. The molecule has 0 aliphatic heterocycles. The molecule has 0 aliphatic carbocycles. The lowest BCUT2D eigenvalue weighted by Gasteiger charge is -2.14. The minimum Gasteiger partial charge on any atom is -0.376 e. The number of sulfone groups is 1. The van der Waals surface area contributed by atoms with Crippen LogP contribution in [-0.4, -0.2) is 24.5 Å². The number of nitrogens with zero attached hydrogens (tertiary/aromatic N) is 2. The van der Waals surface area contributed by atoms with Gasteiger partial charge in [-0.1, -0.05) is 19.1 Å². The first-order valence-corrected chi connectivity index (χ1v) is 8.88. The summed E-state index contributed by atoms with van der Waals surface area (Å²) in [6, 6.07) is 7.04. The van der Waals surface area contributed by atoms with Gasteiger partial charge in [-0.25, -0.2) is 8.42 Å². The van der Waals surface area contributed by atoms with E-state index < -0.39 is 9.84 Å². The van der Waals surface area contributed by atoms with Gasteiger partial charge in [0.05, 0.1) is 16.8 Å². The van der Waals surface area contributed by atoms with Crippen LogP contribution in [0.4, 0.5) is 5.69 Å². The Balaban J connectivity index is 2.07. The molecule has 0 spiro atoms. The number of aromatic nitrogens is 2. The van der Waals surface area contributed by atoms with E-state index in [-0.39, 0.29) is 6.04 Å². The molecule has 0 bridgehead atoms. The van der Waals surface area contributed by atoms with Crippen molar-refractivity contribution in [2.24, 2.45) is 0 Å². The van der Waals surface area contributed by atoms with Crippen LogP contribution in [-0.2, 0) is 16.4 Å². The standard InChI is InChI=1S/C15H21N3O2S/c1-4-9-18-11-14(10-16-18)17-12(2)13-5-7-15(8-6-13)21(3,19)20/h5-8,10-12,17H,4,9H2,1-3H3/t12-/m1/s1. The Bertz CT molecular complexity index is 690. The molecule has 21 heavy (non-hydrogen) atoms. The van der Waals surface area contributed by atoms with Gasteiger partial charge in [-0.3, -0.25) is 4.68 Å². The SMILES string of the molecule is CCCn1cc(N[C@H](C)c2ccc(S(C)(=O)=O)cc2)cn1. The second kappa shape index (κ2) is 6.30. The summed E-state index contributed by atoms with van der Waals surface area (Å²) in [5, 5.41) is 7.64. The summed E-state index contributed by atoms with van der Waals surface area (Å²) in [7, 11) is -3.14. The third kappa shape index (κ3) is 4.07. The van der Waals surface area contributed by atoms with E-state index in [4.69, 9.17) is 0 Å². The highest BCUT2D eigenvalue weighted by atomic mass is 32.2. The molecular weight excluding hydrogens is 286 g/mol. The highest BCUT2D eigenvalue weighted by molar-refractivity contribution is 7.90. The van der Waals surface area contributed by atoms with Crippen LogP contribution in [0.25, 0.3) is 0 Å². The Labute approximate surface area is 125 Å². The predicted molar refractivity (Wildman–Crippen MR) is 84.1 cm³/mol. The Kier molecular flexibility index (Phi) is 4.67. The first kappa shape index (κ1) is 15.6. The second-order valence-corrected chi connectivity index (χ2v) is 7.22. The molecule has 0 radical (unpaired) electrons. The van der Waals surface area contributed by atoms with E-state index in [1.54, 1.807) is 18.3 Å². The van der Waals surface area contributed by atoms with Crippen molar-refractivity contribution < 1.29 is 8.42 Å². The van der Waals surface area contributed by atoms with Crippen molar-refractivity contribution in [3.8, 4) is 0 Å². The lowest BCUT2D eigenvalue weighted by Crippen LogP contribution is -2.06. The third-order valence-electron chi connectivity index (χ3n) is 3.28. The van der Waals surface area contributed by atoms with Crippen molar-refractivity contribution in [1.82, 2.24) is 9.78 Å². The fourth-order valence-electron chi connectivity index (χ4n) is 2.13. The highest BCUT2D eigenvalue weighted by Crippen LogP contribution is 2.20. The van der Waals surface area contributed by atoms with Crippen molar-refractivity contribution in [2.75, 3.05) is 11.6 Å². The lowest BCUT2D eigenvalue weighted by molar-refractivity contribution is 0.601. The van der Waals surface area contributed by atoms with Crippen LogP contribution in [0.1, 0.15) is 31.9 Å². The predicted octanol–water partition coefficient (Wildman–Crippen LogP) is 2.87. The number of nitrogens with one attached hydrogen (secondary N) is 1. The van der Waals surface area contributed by atoms with Gasteiger partial charge in [-0.15, -0.1) is 0 Å². The molecule has 0 unspecified atom stereocenters. The van der Waals surface area contributed by atoms with Gasteiger partial charge in [0.15, 0.2) is 9.84 Å². The topological polar surface area (TPSA) is 64.0 Å². The number of aryl methyl sites for hydroxylation is 1. The summed E-state index contributed by atoms with van der Waals surface area (Å²) >= 11 is 0. The van der Waals surface area contributed by atoms with E-state index in [1.165, 1.54) is 6.26 Å². The summed E-state index contributed by atoms with van der Waals surface area (Å²) in [6.07, 6.45) is 6.04. The molecule has 0 amide bonds. The molecule has 1 N–H and O–H groups in total. The summed E-state index contributed by atoms with van der Waals surface area (Å²) < 4.78 is 24.8. The van der Waals surface area contributed by atoms with Crippen LogP contribution in [0, 0.1) is 0 Å². The Morgan fingerprint density at radius 3 is 2.52 bits per heavy atom. The molecule has 0 saturated carbocycles. The number of rotatable bonds is 6. The Morgan fingerprint density at radius 2 is 1.95 bits per heavy atom. The second-order valence-electron chi connectivity index (χ2n) is 5.20. The molecule has 0 fully saturated rings. The van der Waals surface area contributed by atoms with E-state index in [0.29, 0.717) is 4.90 Å². The number of anilines is 1. The largest absolute Gasteiger partial charge is 0.376 e. The van der Waals surface area contributed by atoms with Gasteiger partial charge in [0.2, 0.25) is 0 Å². The van der Waals surface area contributed by atoms with Gasteiger partial charge in [0, 0.05) is 25.0 Å². The van der Waals surface area contributed by atoms with Gasteiger partial charge in [-0.05, 0) is 31.0 Å². The van der Waals surface area contributed by atoms with Crippen LogP contribution < -0.4 is 5.32 Å². The van der Waals surface area contributed by atoms with E-state index in [1.807, 2.05) is 29.9 Å². The van der Waals surface area contributed by atoms with E-state index in [0.717, 1.165) is 24.2 Å². The van der Waals surface area contributed by atoms with Crippen LogP contribution in [0.15, 0.2) is 41.6 Å². The zero-order valence-electron chi connectivity index (χ0n) is 12.6. The van der Waals surface area contributed by atoms with E-state index >= 15 is 0 Å². The van der Waals surface area contributed by atoms with Crippen LogP contribution in [0.3, 0.4) is 0 Å². The third-order valence-corrected chi connectivity index (χ3v) is 4.41. The minimum absolute atomic E-state index is 0.0814.